The smallest absolute Gasteiger partial charge is 0.0970 e. The SMILES string of the molecule is CC1=CC(C)N2NC(C)C(C)C2N1. The molecule has 0 aliphatic carbocycles. The minimum Gasteiger partial charge on any atom is -0.372 e. The van der Waals surface area contributed by atoms with Crippen LogP contribution in [-0.2, 0) is 0 Å². The first-order chi connectivity index (χ1) is 6.09. The van der Waals surface area contributed by atoms with Crippen molar-refractivity contribution in [2.75, 3.05) is 0 Å². The fraction of sp³-hybridized carbons (Fsp3) is 0.800. The fourth-order valence-corrected chi connectivity index (χ4v) is 2.26. The van der Waals surface area contributed by atoms with Crippen molar-refractivity contribution >= 4 is 0 Å². The standard InChI is InChI=1S/C10H19N3/c1-6-5-7(2)13-10(11-6)8(3)9(4)12-13/h5,7-12H,1-4H3. The quantitative estimate of drug-likeness (QED) is 0.585. The lowest BCUT2D eigenvalue weighted by molar-refractivity contribution is 0.114. The number of hydrogen-bond donors (Lipinski definition) is 2. The van der Waals surface area contributed by atoms with E-state index >= 15 is 0 Å². The molecule has 2 aliphatic heterocycles. The van der Waals surface area contributed by atoms with Crippen LogP contribution in [0.4, 0.5) is 0 Å². The Morgan fingerprint density at radius 3 is 2.69 bits per heavy atom. The van der Waals surface area contributed by atoms with Crippen LogP contribution in [0.1, 0.15) is 27.7 Å². The Labute approximate surface area is 80.2 Å². The maximum absolute atomic E-state index is 3.51. The zero-order chi connectivity index (χ0) is 9.59. The van der Waals surface area contributed by atoms with Gasteiger partial charge >= 0.3 is 0 Å². The zero-order valence-corrected chi connectivity index (χ0v) is 8.83. The van der Waals surface area contributed by atoms with E-state index in [1.807, 2.05) is 0 Å². The van der Waals surface area contributed by atoms with Gasteiger partial charge in [0.2, 0.25) is 0 Å². The number of allylic oxidation sites excluding steroid dienone is 1. The third kappa shape index (κ3) is 1.36. The van der Waals surface area contributed by atoms with Crippen LogP contribution in [0.2, 0.25) is 0 Å². The highest BCUT2D eigenvalue weighted by Crippen LogP contribution is 2.25. The van der Waals surface area contributed by atoms with Crippen molar-refractivity contribution in [2.45, 2.75) is 45.9 Å². The van der Waals surface area contributed by atoms with Gasteiger partial charge in [0.1, 0.15) is 0 Å². The van der Waals surface area contributed by atoms with Crippen LogP contribution in [0, 0.1) is 5.92 Å². The van der Waals surface area contributed by atoms with Crippen LogP contribution in [-0.4, -0.2) is 23.3 Å². The number of rotatable bonds is 0. The number of hydrazine groups is 1. The summed E-state index contributed by atoms with van der Waals surface area (Å²) in [6.45, 7) is 8.91. The molecule has 13 heavy (non-hydrogen) atoms. The molecule has 4 unspecified atom stereocenters. The van der Waals surface area contributed by atoms with Gasteiger partial charge in [0.25, 0.3) is 0 Å². The molecule has 3 heteroatoms. The van der Waals surface area contributed by atoms with E-state index in [9.17, 15) is 0 Å². The van der Waals surface area contributed by atoms with Gasteiger partial charge in [0, 0.05) is 23.7 Å². The molecule has 3 nitrogen and oxygen atoms in total. The lowest BCUT2D eigenvalue weighted by atomic mass is 10.0. The molecule has 0 saturated carbocycles. The third-order valence-corrected chi connectivity index (χ3v) is 3.24. The average Bonchev–Trinajstić information content (AvgIpc) is 2.32. The second-order valence-corrected chi connectivity index (χ2v) is 4.36. The Morgan fingerprint density at radius 2 is 2.00 bits per heavy atom. The first-order valence-corrected chi connectivity index (χ1v) is 5.09. The summed E-state index contributed by atoms with van der Waals surface area (Å²) in [6, 6.07) is 1.07. The van der Waals surface area contributed by atoms with E-state index in [2.05, 4.69) is 49.5 Å². The molecular formula is C10H19N3. The summed E-state index contributed by atoms with van der Waals surface area (Å²) in [5.74, 6) is 0.658. The van der Waals surface area contributed by atoms with Gasteiger partial charge in [-0.15, -0.1) is 0 Å². The fourth-order valence-electron chi connectivity index (χ4n) is 2.26. The molecule has 0 amide bonds. The van der Waals surface area contributed by atoms with Crippen LogP contribution < -0.4 is 10.7 Å². The van der Waals surface area contributed by atoms with Crippen molar-refractivity contribution in [1.82, 2.24) is 15.8 Å². The largest absolute Gasteiger partial charge is 0.372 e. The van der Waals surface area contributed by atoms with Gasteiger partial charge in [-0.05, 0) is 26.8 Å². The summed E-state index contributed by atoms with van der Waals surface area (Å²) in [4.78, 5) is 0. The molecule has 74 valence electrons. The van der Waals surface area contributed by atoms with Crippen molar-refractivity contribution in [1.29, 1.82) is 0 Å². The molecular weight excluding hydrogens is 162 g/mol. The Hall–Kier alpha value is -0.540. The molecule has 2 aliphatic rings. The van der Waals surface area contributed by atoms with Gasteiger partial charge in [-0.25, -0.2) is 10.4 Å². The zero-order valence-electron chi connectivity index (χ0n) is 8.83. The van der Waals surface area contributed by atoms with Gasteiger partial charge in [0.15, 0.2) is 0 Å². The topological polar surface area (TPSA) is 27.3 Å². The van der Waals surface area contributed by atoms with Crippen LogP contribution in [0.15, 0.2) is 11.8 Å². The number of nitrogens with zero attached hydrogens (tertiary/aromatic N) is 1. The predicted octanol–water partition coefficient (Wildman–Crippen LogP) is 1.05. The predicted molar refractivity (Wildman–Crippen MR) is 53.7 cm³/mol. The first kappa shape index (κ1) is 9.03. The maximum atomic E-state index is 3.51. The van der Waals surface area contributed by atoms with E-state index < -0.39 is 0 Å². The summed E-state index contributed by atoms with van der Waals surface area (Å²) >= 11 is 0. The Kier molecular flexibility index (Phi) is 2.08. The van der Waals surface area contributed by atoms with E-state index in [1.165, 1.54) is 5.70 Å². The van der Waals surface area contributed by atoms with Gasteiger partial charge in [0.05, 0.1) is 6.17 Å². The van der Waals surface area contributed by atoms with Crippen molar-refractivity contribution in [3.8, 4) is 0 Å². The normalized spacial score (nSPS) is 45.4. The highest BCUT2D eigenvalue weighted by Gasteiger charge is 2.39. The molecule has 0 aromatic carbocycles. The number of nitrogens with one attached hydrogen (secondary N) is 2. The second-order valence-electron chi connectivity index (χ2n) is 4.36. The number of hydrogen-bond acceptors (Lipinski definition) is 3. The minimum absolute atomic E-state index is 0.468. The highest BCUT2D eigenvalue weighted by molar-refractivity contribution is 5.10. The van der Waals surface area contributed by atoms with Crippen molar-refractivity contribution in [3.63, 3.8) is 0 Å². The van der Waals surface area contributed by atoms with E-state index in [-0.39, 0.29) is 0 Å². The second kappa shape index (κ2) is 3.00. The van der Waals surface area contributed by atoms with E-state index in [0.29, 0.717) is 24.2 Å². The molecule has 0 aromatic heterocycles. The molecule has 4 atom stereocenters. The third-order valence-electron chi connectivity index (χ3n) is 3.24. The molecule has 0 spiro atoms. The van der Waals surface area contributed by atoms with Crippen LogP contribution in [0.3, 0.4) is 0 Å². The Balaban J connectivity index is 2.20. The summed E-state index contributed by atoms with van der Waals surface area (Å²) in [5, 5.41) is 5.84. The lowest BCUT2D eigenvalue weighted by Gasteiger charge is -2.35. The van der Waals surface area contributed by atoms with E-state index in [1.54, 1.807) is 0 Å². The molecule has 1 saturated heterocycles. The van der Waals surface area contributed by atoms with Crippen molar-refractivity contribution in [2.24, 2.45) is 5.92 Å². The van der Waals surface area contributed by atoms with E-state index in [0.717, 1.165) is 0 Å². The summed E-state index contributed by atoms with van der Waals surface area (Å²) in [6.07, 6.45) is 2.73. The molecule has 0 radical (unpaired) electrons. The van der Waals surface area contributed by atoms with Gasteiger partial charge in [-0.3, -0.25) is 0 Å². The number of fused-ring (bicyclic) bond motifs is 1. The molecule has 0 aromatic rings. The Bertz CT molecular complexity index is 236. The highest BCUT2D eigenvalue weighted by atomic mass is 15.6. The molecule has 1 fully saturated rings. The summed E-state index contributed by atoms with van der Waals surface area (Å²) in [5.41, 5.74) is 4.80. The first-order valence-electron chi connectivity index (χ1n) is 5.09. The van der Waals surface area contributed by atoms with Crippen LogP contribution in [0.25, 0.3) is 0 Å². The summed E-state index contributed by atoms with van der Waals surface area (Å²) in [7, 11) is 0. The molecule has 2 heterocycles. The minimum atomic E-state index is 0.468. The van der Waals surface area contributed by atoms with Crippen molar-refractivity contribution < 1.29 is 0 Å². The van der Waals surface area contributed by atoms with Crippen LogP contribution >= 0.6 is 0 Å². The summed E-state index contributed by atoms with van der Waals surface area (Å²) < 4.78 is 0. The monoisotopic (exact) mass is 181 g/mol. The lowest BCUT2D eigenvalue weighted by Crippen LogP contribution is -2.53. The molecule has 2 N–H and O–H groups in total. The molecule has 2 rings (SSSR count). The molecule has 0 bridgehead atoms. The van der Waals surface area contributed by atoms with Gasteiger partial charge in [-0.2, -0.15) is 0 Å². The van der Waals surface area contributed by atoms with Crippen molar-refractivity contribution in [3.05, 3.63) is 11.8 Å². The average molecular weight is 181 g/mol. The van der Waals surface area contributed by atoms with Gasteiger partial charge in [-0.1, -0.05) is 6.92 Å². The van der Waals surface area contributed by atoms with Gasteiger partial charge < -0.3 is 5.32 Å². The Morgan fingerprint density at radius 1 is 1.31 bits per heavy atom. The van der Waals surface area contributed by atoms with E-state index in [4.69, 9.17) is 0 Å². The van der Waals surface area contributed by atoms with Crippen LogP contribution in [0.5, 0.6) is 0 Å². The maximum Gasteiger partial charge on any atom is 0.0970 e.